The molecule has 0 radical (unpaired) electrons. The van der Waals surface area contributed by atoms with Crippen molar-refractivity contribution in [1.82, 2.24) is 9.80 Å². The van der Waals surface area contributed by atoms with Crippen LogP contribution in [0.3, 0.4) is 0 Å². The molecule has 0 bridgehead atoms. The monoisotopic (exact) mass is 366 g/mol. The summed E-state index contributed by atoms with van der Waals surface area (Å²) in [6, 6.07) is 16.0. The van der Waals surface area contributed by atoms with Crippen LogP contribution in [0.5, 0.6) is 0 Å². The number of rotatable bonds is 6. The van der Waals surface area contributed by atoms with Gasteiger partial charge in [0.05, 0.1) is 6.54 Å². The molecule has 0 atom stereocenters. The number of piperidine rings is 1. The minimum absolute atomic E-state index is 0.130. The summed E-state index contributed by atoms with van der Waals surface area (Å²) in [4.78, 5) is 15.3. The lowest BCUT2D eigenvalue weighted by Gasteiger charge is -2.36. The van der Waals surface area contributed by atoms with Gasteiger partial charge in [0.1, 0.15) is 0 Å². The quantitative estimate of drug-likeness (QED) is 0.841. The SMILES string of the molecule is Cc1cc(C)cc(-c2ccc(CN3CCC(N(C)CC(=O)O)CC3)cc2)c1. The molecule has 1 aliphatic heterocycles. The van der Waals surface area contributed by atoms with Gasteiger partial charge in [0.15, 0.2) is 0 Å². The fourth-order valence-electron chi connectivity index (χ4n) is 4.06. The van der Waals surface area contributed by atoms with Gasteiger partial charge in [-0.3, -0.25) is 14.6 Å². The lowest BCUT2D eigenvalue weighted by molar-refractivity contribution is -0.138. The summed E-state index contributed by atoms with van der Waals surface area (Å²) in [5.41, 5.74) is 6.47. The molecule has 0 unspecified atom stereocenters. The molecule has 4 heteroatoms. The van der Waals surface area contributed by atoms with Gasteiger partial charge in [-0.05, 0) is 63.5 Å². The average Bonchev–Trinajstić information content (AvgIpc) is 2.61. The van der Waals surface area contributed by atoms with Crippen LogP contribution in [0.25, 0.3) is 11.1 Å². The number of hydrogen-bond acceptors (Lipinski definition) is 3. The molecule has 1 heterocycles. The third kappa shape index (κ3) is 5.41. The Hall–Kier alpha value is -2.17. The normalized spacial score (nSPS) is 16.0. The Bertz CT molecular complexity index is 757. The molecule has 1 aliphatic rings. The molecular formula is C23H30N2O2. The molecule has 0 aromatic heterocycles. The van der Waals surface area contributed by atoms with E-state index in [9.17, 15) is 4.79 Å². The molecule has 1 N–H and O–H groups in total. The molecular weight excluding hydrogens is 336 g/mol. The molecule has 1 fully saturated rings. The van der Waals surface area contributed by atoms with Gasteiger partial charge in [-0.1, -0.05) is 53.6 Å². The van der Waals surface area contributed by atoms with Gasteiger partial charge in [-0.25, -0.2) is 0 Å². The first kappa shape index (κ1) is 19.6. The van der Waals surface area contributed by atoms with Crippen molar-refractivity contribution in [3.63, 3.8) is 0 Å². The van der Waals surface area contributed by atoms with Crippen LogP contribution in [-0.2, 0) is 11.3 Å². The highest BCUT2D eigenvalue weighted by Gasteiger charge is 2.23. The van der Waals surface area contributed by atoms with Crippen LogP contribution >= 0.6 is 0 Å². The number of carbonyl (C=O) groups is 1. The lowest BCUT2D eigenvalue weighted by Crippen LogP contribution is -2.44. The van der Waals surface area contributed by atoms with Crippen molar-refractivity contribution >= 4 is 5.97 Å². The summed E-state index contributed by atoms with van der Waals surface area (Å²) in [6.45, 7) is 7.42. The van der Waals surface area contributed by atoms with E-state index in [0.29, 0.717) is 6.04 Å². The zero-order valence-electron chi connectivity index (χ0n) is 16.6. The Morgan fingerprint density at radius 2 is 1.63 bits per heavy atom. The second-order valence-corrected chi connectivity index (χ2v) is 7.89. The van der Waals surface area contributed by atoms with Crippen molar-refractivity contribution in [2.75, 3.05) is 26.7 Å². The maximum atomic E-state index is 10.9. The van der Waals surface area contributed by atoms with Crippen LogP contribution in [0.15, 0.2) is 42.5 Å². The number of carboxylic acid groups (broad SMARTS) is 1. The molecule has 2 aromatic rings. The fourth-order valence-corrected chi connectivity index (χ4v) is 4.06. The molecule has 0 amide bonds. The van der Waals surface area contributed by atoms with Crippen molar-refractivity contribution in [3.05, 3.63) is 59.2 Å². The first-order chi connectivity index (χ1) is 12.9. The number of aliphatic carboxylic acids is 1. The van der Waals surface area contributed by atoms with E-state index < -0.39 is 5.97 Å². The van der Waals surface area contributed by atoms with Crippen molar-refractivity contribution < 1.29 is 9.90 Å². The maximum Gasteiger partial charge on any atom is 0.317 e. The molecule has 27 heavy (non-hydrogen) atoms. The van der Waals surface area contributed by atoms with E-state index in [1.165, 1.54) is 27.8 Å². The number of aryl methyl sites for hydroxylation is 2. The molecule has 0 aliphatic carbocycles. The van der Waals surface area contributed by atoms with Crippen molar-refractivity contribution in [2.24, 2.45) is 0 Å². The summed E-state index contributed by atoms with van der Waals surface area (Å²) in [7, 11) is 1.92. The molecule has 1 saturated heterocycles. The Balaban J connectivity index is 1.56. The molecule has 3 rings (SSSR count). The van der Waals surface area contributed by atoms with Gasteiger partial charge in [0.2, 0.25) is 0 Å². The number of likely N-dealkylation sites (tertiary alicyclic amines) is 1. The average molecular weight is 367 g/mol. The predicted octanol–water partition coefficient (Wildman–Crippen LogP) is 3.95. The summed E-state index contributed by atoms with van der Waals surface area (Å²) in [5, 5.41) is 8.94. The number of carboxylic acids is 1. The summed E-state index contributed by atoms with van der Waals surface area (Å²) in [6.07, 6.45) is 2.06. The van der Waals surface area contributed by atoms with Crippen LogP contribution in [0.1, 0.15) is 29.5 Å². The second-order valence-electron chi connectivity index (χ2n) is 7.89. The van der Waals surface area contributed by atoms with E-state index in [-0.39, 0.29) is 6.54 Å². The van der Waals surface area contributed by atoms with Crippen molar-refractivity contribution in [2.45, 2.75) is 39.3 Å². The molecule has 2 aromatic carbocycles. The summed E-state index contributed by atoms with van der Waals surface area (Å²) in [5.74, 6) is -0.746. The van der Waals surface area contributed by atoms with Gasteiger partial charge in [0, 0.05) is 12.6 Å². The molecule has 0 saturated carbocycles. The largest absolute Gasteiger partial charge is 0.480 e. The number of likely N-dealkylation sites (N-methyl/N-ethyl adjacent to an activating group) is 1. The fraction of sp³-hybridized carbons (Fsp3) is 0.435. The minimum atomic E-state index is -0.746. The number of benzene rings is 2. The van der Waals surface area contributed by atoms with Crippen molar-refractivity contribution in [1.29, 1.82) is 0 Å². The highest BCUT2D eigenvalue weighted by atomic mass is 16.4. The van der Waals surface area contributed by atoms with Gasteiger partial charge in [0.25, 0.3) is 0 Å². The van der Waals surface area contributed by atoms with Crippen LogP contribution < -0.4 is 0 Å². The lowest BCUT2D eigenvalue weighted by atomic mass is 9.99. The van der Waals surface area contributed by atoms with Gasteiger partial charge >= 0.3 is 5.97 Å². The summed E-state index contributed by atoms with van der Waals surface area (Å²) < 4.78 is 0. The Morgan fingerprint density at radius 3 is 2.19 bits per heavy atom. The van der Waals surface area contributed by atoms with E-state index in [1.54, 1.807) is 0 Å². The maximum absolute atomic E-state index is 10.9. The van der Waals surface area contributed by atoms with Gasteiger partial charge in [-0.15, -0.1) is 0 Å². The van der Waals surface area contributed by atoms with E-state index in [0.717, 1.165) is 32.5 Å². The van der Waals surface area contributed by atoms with E-state index in [2.05, 4.69) is 61.2 Å². The Morgan fingerprint density at radius 1 is 1.04 bits per heavy atom. The van der Waals surface area contributed by atoms with Gasteiger partial charge in [-0.2, -0.15) is 0 Å². The Kier molecular flexibility index (Phi) is 6.30. The first-order valence-electron chi connectivity index (χ1n) is 9.73. The molecule has 144 valence electrons. The standard InChI is InChI=1S/C23H30N2O2/c1-17-12-18(2)14-21(13-17)20-6-4-19(5-7-20)15-25-10-8-22(9-11-25)24(3)16-23(26)27/h4-7,12-14,22H,8-11,15-16H2,1-3H3,(H,26,27). The van der Waals surface area contributed by atoms with Gasteiger partial charge < -0.3 is 5.11 Å². The predicted molar refractivity (Wildman–Crippen MR) is 110 cm³/mol. The zero-order chi connectivity index (χ0) is 19.4. The molecule has 0 spiro atoms. The van der Waals surface area contributed by atoms with E-state index in [4.69, 9.17) is 5.11 Å². The third-order valence-electron chi connectivity index (χ3n) is 5.48. The topological polar surface area (TPSA) is 43.8 Å². The first-order valence-corrected chi connectivity index (χ1v) is 9.73. The minimum Gasteiger partial charge on any atom is -0.480 e. The van der Waals surface area contributed by atoms with E-state index >= 15 is 0 Å². The van der Waals surface area contributed by atoms with E-state index in [1.807, 2.05) is 11.9 Å². The number of hydrogen-bond donors (Lipinski definition) is 1. The second kappa shape index (κ2) is 8.68. The zero-order valence-corrected chi connectivity index (χ0v) is 16.6. The third-order valence-corrected chi connectivity index (χ3v) is 5.48. The smallest absolute Gasteiger partial charge is 0.317 e. The van der Waals surface area contributed by atoms with Crippen LogP contribution in [-0.4, -0.2) is 53.6 Å². The van der Waals surface area contributed by atoms with Crippen LogP contribution in [0.4, 0.5) is 0 Å². The summed E-state index contributed by atoms with van der Waals surface area (Å²) >= 11 is 0. The highest BCUT2D eigenvalue weighted by molar-refractivity contribution is 5.69. The van der Waals surface area contributed by atoms with Crippen LogP contribution in [0, 0.1) is 13.8 Å². The molecule has 4 nitrogen and oxygen atoms in total. The highest BCUT2D eigenvalue weighted by Crippen LogP contribution is 2.24. The number of nitrogens with zero attached hydrogens (tertiary/aromatic N) is 2. The van der Waals surface area contributed by atoms with Crippen LogP contribution in [0.2, 0.25) is 0 Å². The Labute approximate surface area is 162 Å². The van der Waals surface area contributed by atoms with Crippen molar-refractivity contribution in [3.8, 4) is 11.1 Å².